The number of hydrogen-bond donors (Lipinski definition) is 3. The summed E-state index contributed by atoms with van der Waals surface area (Å²) in [6.45, 7) is 4.47. The molecule has 102 heavy (non-hydrogen) atoms. The van der Waals surface area contributed by atoms with Crippen molar-refractivity contribution in [1.29, 1.82) is 0 Å². The van der Waals surface area contributed by atoms with Gasteiger partial charge in [0.2, 0.25) is 0 Å². The first-order valence-corrected chi connectivity index (χ1v) is 42.1. The normalized spacial score (nSPS) is 14.7. The molecule has 5 unspecified atom stereocenters. The van der Waals surface area contributed by atoms with E-state index in [2.05, 4.69) is 174 Å². The number of rotatable bonds is 72. The predicted octanol–water partition coefficient (Wildman–Crippen LogP) is 22.7. The van der Waals surface area contributed by atoms with Gasteiger partial charge in [-0.05, 0) is 161 Å². The van der Waals surface area contributed by atoms with Crippen LogP contribution in [-0.2, 0) is 65.4 Å². The fourth-order valence-corrected chi connectivity index (χ4v) is 11.4. The monoisotopic (exact) mass is 1470 g/mol. The lowest BCUT2D eigenvalue weighted by Gasteiger charge is -2.21. The molecule has 0 amide bonds. The number of allylic oxidation sites excluding steroid dienone is 24. The minimum Gasteiger partial charge on any atom is -0.462 e. The van der Waals surface area contributed by atoms with E-state index >= 15 is 0 Å². The zero-order chi connectivity index (χ0) is 74.6. The lowest BCUT2D eigenvalue weighted by molar-refractivity contribution is -0.161. The zero-order valence-electron chi connectivity index (χ0n) is 63.5. The number of aliphatic hydroxyl groups is 1. The van der Waals surface area contributed by atoms with Gasteiger partial charge in [-0.3, -0.25) is 37.3 Å². The Morgan fingerprint density at radius 2 is 0.520 bits per heavy atom. The Kier molecular flexibility index (Phi) is 70.5. The average Bonchev–Trinajstić information content (AvgIpc) is 0.927. The highest BCUT2D eigenvalue weighted by atomic mass is 31.2. The van der Waals surface area contributed by atoms with Gasteiger partial charge in [-0.1, -0.05) is 257 Å². The second-order valence-corrected chi connectivity index (χ2v) is 28.4. The molecule has 0 radical (unpaired) electrons. The molecule has 0 aromatic rings. The van der Waals surface area contributed by atoms with Crippen LogP contribution in [0.5, 0.6) is 0 Å². The number of unbranched alkanes of at least 4 members (excludes halogenated alkanes) is 22. The van der Waals surface area contributed by atoms with Crippen LogP contribution in [0.1, 0.15) is 297 Å². The Morgan fingerprint density at radius 1 is 0.284 bits per heavy atom. The topological polar surface area (TPSA) is 237 Å². The zero-order valence-corrected chi connectivity index (χ0v) is 65.3. The first kappa shape index (κ1) is 96.9. The molecule has 582 valence electrons. The van der Waals surface area contributed by atoms with Crippen molar-refractivity contribution in [1.82, 2.24) is 0 Å². The SMILES string of the molecule is CC/C=C\C/C=C\C/C=C\C/C=C\CCCCCCC(=O)OC(COC(=O)CCCCCCCC/C=C\C/C=C\C/C=C\CCCCC)COP(=O)(O)OCC(O)COP(=O)(O)OCC(COC(=O)CCCC/C=C\C/C=C\C/C=C\C/C=C\CC)OC(=O)CCCCCCC/C=C\CCCC. The minimum atomic E-state index is -4.99. The van der Waals surface area contributed by atoms with Crippen LogP contribution < -0.4 is 0 Å². The van der Waals surface area contributed by atoms with Crippen molar-refractivity contribution in [3.05, 3.63) is 146 Å². The Morgan fingerprint density at radius 3 is 0.843 bits per heavy atom. The van der Waals surface area contributed by atoms with E-state index in [1.807, 2.05) is 0 Å². The molecule has 0 bridgehead atoms. The van der Waals surface area contributed by atoms with Gasteiger partial charge >= 0.3 is 39.5 Å². The standard InChI is InChI=1S/C83H138O17P2/c1-5-9-13-17-21-25-29-32-35-37-38-40-42-45-49-52-56-60-64-68-81(86)94-74-79(100-83(88)70-66-62-58-54-50-46-43-39-36-33-30-26-22-18-14-10-6-2)76-98-102(91,92)96-72-77(84)71-95-101(89,90)97-75-78(99-82(87)69-65-61-57-53-47-28-24-20-16-12-8-4)73-93-80(85)67-63-59-55-51-48-44-41-34-31-27-23-19-15-11-7-3/h10-11,14-15,20-27,32-36,38,40-41,43,46,48,51,77-79,84H,5-9,12-13,16-19,28-31,37,39,42,44-45,47,49-50,52-76H2,1-4H3,(H,89,90)(H,91,92)/b14-10-,15-11-,24-20-,25-21-,26-22-,27-23-,35-32-,36-33-,40-38-,41-34-,46-43-,51-48-. The Balaban J connectivity index is 5.41. The number of carbonyl (C=O) groups is 4. The van der Waals surface area contributed by atoms with E-state index in [-0.39, 0.29) is 25.7 Å². The van der Waals surface area contributed by atoms with Gasteiger partial charge < -0.3 is 33.8 Å². The first-order chi connectivity index (χ1) is 49.7. The minimum absolute atomic E-state index is 0.0588. The van der Waals surface area contributed by atoms with Crippen molar-refractivity contribution >= 4 is 39.5 Å². The number of phosphoric acid groups is 2. The van der Waals surface area contributed by atoms with Crippen LogP contribution >= 0.6 is 15.6 Å². The van der Waals surface area contributed by atoms with E-state index < -0.39 is 97.5 Å². The molecule has 0 aromatic heterocycles. The first-order valence-electron chi connectivity index (χ1n) is 39.1. The molecule has 0 aliphatic heterocycles. The van der Waals surface area contributed by atoms with E-state index in [1.165, 1.54) is 32.1 Å². The largest absolute Gasteiger partial charge is 0.472 e. The number of esters is 4. The highest BCUT2D eigenvalue weighted by molar-refractivity contribution is 7.47. The molecule has 0 spiro atoms. The van der Waals surface area contributed by atoms with Gasteiger partial charge in [-0.2, -0.15) is 0 Å². The van der Waals surface area contributed by atoms with E-state index in [1.54, 1.807) is 0 Å². The highest BCUT2D eigenvalue weighted by Gasteiger charge is 2.30. The third-order valence-electron chi connectivity index (χ3n) is 15.8. The van der Waals surface area contributed by atoms with Gasteiger partial charge in [-0.25, -0.2) is 9.13 Å². The van der Waals surface area contributed by atoms with Crippen molar-refractivity contribution in [2.24, 2.45) is 0 Å². The number of phosphoric ester groups is 2. The molecule has 0 aliphatic carbocycles. The molecular formula is C83H138O17P2. The van der Waals surface area contributed by atoms with Gasteiger partial charge in [0.05, 0.1) is 26.4 Å². The molecule has 0 aromatic carbocycles. The second kappa shape index (κ2) is 74.2. The summed E-state index contributed by atoms with van der Waals surface area (Å²) in [5, 5.41) is 10.6. The van der Waals surface area contributed by atoms with Crippen LogP contribution in [0.4, 0.5) is 0 Å². The van der Waals surface area contributed by atoms with Crippen LogP contribution in [0, 0.1) is 0 Å². The highest BCUT2D eigenvalue weighted by Crippen LogP contribution is 2.45. The smallest absolute Gasteiger partial charge is 0.462 e. The maximum atomic E-state index is 13.1. The lowest BCUT2D eigenvalue weighted by atomic mass is 10.1. The molecule has 0 rings (SSSR count). The Hall–Kier alpha value is -5.06. The predicted molar refractivity (Wildman–Crippen MR) is 417 cm³/mol. The molecule has 3 N–H and O–H groups in total. The van der Waals surface area contributed by atoms with Crippen LogP contribution in [-0.4, -0.2) is 96.7 Å². The maximum Gasteiger partial charge on any atom is 0.472 e. The van der Waals surface area contributed by atoms with Gasteiger partial charge in [0, 0.05) is 25.7 Å². The third kappa shape index (κ3) is 73.3. The van der Waals surface area contributed by atoms with Crippen molar-refractivity contribution in [2.45, 2.75) is 316 Å². The fraction of sp³-hybridized carbons (Fsp3) is 0.663. The van der Waals surface area contributed by atoms with Gasteiger partial charge in [0.25, 0.3) is 0 Å². The van der Waals surface area contributed by atoms with E-state index in [0.29, 0.717) is 25.7 Å². The number of aliphatic hydroxyl groups excluding tert-OH is 1. The molecule has 19 heteroatoms. The van der Waals surface area contributed by atoms with Crippen molar-refractivity contribution in [2.75, 3.05) is 39.6 Å². The van der Waals surface area contributed by atoms with Crippen LogP contribution in [0.25, 0.3) is 0 Å². The van der Waals surface area contributed by atoms with Crippen LogP contribution in [0.3, 0.4) is 0 Å². The summed E-state index contributed by atoms with van der Waals surface area (Å²) in [5.74, 6) is -2.28. The molecule has 0 saturated carbocycles. The summed E-state index contributed by atoms with van der Waals surface area (Å²) in [4.78, 5) is 72.9. The lowest BCUT2D eigenvalue weighted by Crippen LogP contribution is -2.30. The van der Waals surface area contributed by atoms with Crippen molar-refractivity contribution in [3.8, 4) is 0 Å². The number of ether oxygens (including phenoxy) is 4. The summed E-state index contributed by atoms with van der Waals surface area (Å²) >= 11 is 0. The molecule has 5 atom stereocenters. The molecular weight excluding hydrogens is 1330 g/mol. The number of carbonyl (C=O) groups excluding carboxylic acids is 4. The van der Waals surface area contributed by atoms with Gasteiger partial charge in [0.1, 0.15) is 19.3 Å². The van der Waals surface area contributed by atoms with Crippen molar-refractivity contribution in [3.63, 3.8) is 0 Å². The molecule has 0 heterocycles. The third-order valence-corrected chi connectivity index (χ3v) is 17.7. The summed E-state index contributed by atoms with van der Waals surface area (Å²) in [6.07, 6.45) is 84.1. The number of hydrogen-bond acceptors (Lipinski definition) is 15. The maximum absolute atomic E-state index is 13.1. The summed E-state index contributed by atoms with van der Waals surface area (Å²) in [5.41, 5.74) is 0. The van der Waals surface area contributed by atoms with Crippen LogP contribution in [0.15, 0.2) is 146 Å². The Bertz CT molecular complexity index is 2510. The summed E-state index contributed by atoms with van der Waals surface area (Å²) in [6, 6.07) is 0. The molecule has 0 saturated heterocycles. The van der Waals surface area contributed by atoms with E-state index in [4.69, 9.17) is 37.0 Å². The van der Waals surface area contributed by atoms with Gasteiger partial charge in [-0.15, -0.1) is 0 Å². The van der Waals surface area contributed by atoms with E-state index in [9.17, 15) is 43.2 Å². The van der Waals surface area contributed by atoms with Crippen LogP contribution in [0.2, 0.25) is 0 Å². The summed E-state index contributed by atoms with van der Waals surface area (Å²) < 4.78 is 68.4. The average molecular weight is 1470 g/mol. The van der Waals surface area contributed by atoms with Crippen molar-refractivity contribution < 1.29 is 80.2 Å². The molecule has 0 fully saturated rings. The van der Waals surface area contributed by atoms with Gasteiger partial charge in [0.15, 0.2) is 12.2 Å². The fourth-order valence-electron chi connectivity index (χ4n) is 9.84. The second-order valence-electron chi connectivity index (χ2n) is 25.5. The van der Waals surface area contributed by atoms with E-state index in [0.717, 1.165) is 186 Å². The Labute approximate surface area is 617 Å². The quantitative estimate of drug-likeness (QED) is 0.0169. The summed E-state index contributed by atoms with van der Waals surface area (Å²) in [7, 11) is -9.98. The molecule has 17 nitrogen and oxygen atoms in total. The molecule has 0 aliphatic rings.